The lowest BCUT2D eigenvalue weighted by molar-refractivity contribution is -0.117. The first kappa shape index (κ1) is 10.0. The zero-order valence-corrected chi connectivity index (χ0v) is 9.06. The Bertz CT molecular complexity index is 448. The molecule has 1 amide bonds. The van der Waals surface area contributed by atoms with Crippen LogP contribution in [0.15, 0.2) is 16.4 Å². The Morgan fingerprint density at radius 3 is 3.07 bits per heavy atom. The smallest absolute Gasteiger partial charge is 0.247 e. The molecule has 1 N–H and O–H groups in total. The molecule has 2 rings (SSSR count). The minimum atomic E-state index is -0.0976. The van der Waals surface area contributed by atoms with E-state index in [-0.39, 0.29) is 18.2 Å². The van der Waals surface area contributed by atoms with Gasteiger partial charge in [-0.3, -0.25) is 14.6 Å². The number of hydrogen-bond acceptors (Lipinski definition) is 4. The van der Waals surface area contributed by atoms with Gasteiger partial charge in [0.05, 0.1) is 4.88 Å². The average molecular weight is 222 g/mol. The monoisotopic (exact) mass is 222 g/mol. The lowest BCUT2D eigenvalue weighted by Crippen LogP contribution is -2.24. The van der Waals surface area contributed by atoms with Crippen LogP contribution in [0.25, 0.3) is 0 Å². The summed E-state index contributed by atoms with van der Waals surface area (Å²) in [6.07, 6.45) is 0.499. The third-order valence-corrected chi connectivity index (χ3v) is 3.08. The third-order valence-electron chi connectivity index (χ3n) is 2.11. The highest BCUT2D eigenvalue weighted by Crippen LogP contribution is 2.17. The van der Waals surface area contributed by atoms with Gasteiger partial charge in [-0.25, -0.2) is 0 Å². The van der Waals surface area contributed by atoms with Gasteiger partial charge in [0.25, 0.3) is 0 Å². The van der Waals surface area contributed by atoms with Crippen molar-refractivity contribution in [3.8, 4) is 0 Å². The highest BCUT2D eigenvalue weighted by atomic mass is 32.1. The summed E-state index contributed by atoms with van der Waals surface area (Å²) in [5.41, 5.74) is 0.822. The fourth-order valence-corrected chi connectivity index (χ4v) is 2.21. The van der Waals surface area contributed by atoms with Gasteiger partial charge in [0, 0.05) is 17.4 Å². The van der Waals surface area contributed by atoms with Crippen molar-refractivity contribution in [2.24, 2.45) is 4.99 Å². The molecule has 1 aliphatic heterocycles. The van der Waals surface area contributed by atoms with Crippen LogP contribution in [-0.4, -0.2) is 24.1 Å². The van der Waals surface area contributed by atoms with Gasteiger partial charge in [-0.1, -0.05) is 6.92 Å². The largest absolute Gasteiger partial charge is 0.309 e. The van der Waals surface area contributed by atoms with E-state index in [0.29, 0.717) is 12.3 Å². The number of ketones is 1. The van der Waals surface area contributed by atoms with Crippen molar-refractivity contribution in [1.82, 2.24) is 5.32 Å². The van der Waals surface area contributed by atoms with E-state index in [1.807, 2.05) is 12.3 Å². The normalized spacial score (nSPS) is 15.0. The molecule has 0 aliphatic carbocycles. The topological polar surface area (TPSA) is 58.5 Å². The van der Waals surface area contributed by atoms with Gasteiger partial charge in [0.1, 0.15) is 12.4 Å². The second-order valence-electron chi connectivity index (χ2n) is 3.19. The van der Waals surface area contributed by atoms with E-state index >= 15 is 0 Å². The van der Waals surface area contributed by atoms with Gasteiger partial charge in [-0.2, -0.15) is 0 Å². The molecule has 1 aromatic rings. The molecule has 0 atom stereocenters. The summed E-state index contributed by atoms with van der Waals surface area (Å²) in [6, 6.07) is 1.78. The molecule has 2 heterocycles. The lowest BCUT2D eigenvalue weighted by Gasteiger charge is -1.95. The standard InChI is InChI=1S/C10H10N2O2S/c1-2-7(13)8-3-6(5-15-8)10-11-4-9(14)12-10/h3,5H,2,4H2,1H3,(H,11,12,14). The van der Waals surface area contributed by atoms with Crippen molar-refractivity contribution in [3.63, 3.8) is 0 Å². The predicted octanol–water partition coefficient (Wildman–Crippen LogP) is 1.22. The Kier molecular flexibility index (Phi) is 2.64. The molecule has 0 bridgehead atoms. The molecule has 15 heavy (non-hydrogen) atoms. The van der Waals surface area contributed by atoms with Crippen molar-refractivity contribution >= 4 is 28.9 Å². The van der Waals surface area contributed by atoms with Crippen molar-refractivity contribution < 1.29 is 9.59 Å². The van der Waals surface area contributed by atoms with Crippen LogP contribution in [0, 0.1) is 0 Å². The molecular weight excluding hydrogens is 212 g/mol. The number of nitrogens with one attached hydrogen (secondary N) is 1. The van der Waals surface area contributed by atoms with E-state index in [1.54, 1.807) is 6.07 Å². The minimum absolute atomic E-state index is 0.0976. The first-order chi connectivity index (χ1) is 7.20. The van der Waals surface area contributed by atoms with Crippen molar-refractivity contribution in [1.29, 1.82) is 0 Å². The number of nitrogens with zero attached hydrogens (tertiary/aromatic N) is 1. The summed E-state index contributed by atoms with van der Waals surface area (Å²) in [4.78, 5) is 27.1. The van der Waals surface area contributed by atoms with Crippen LogP contribution in [-0.2, 0) is 4.79 Å². The van der Waals surface area contributed by atoms with Crippen LogP contribution in [0.2, 0.25) is 0 Å². The van der Waals surface area contributed by atoms with E-state index in [4.69, 9.17) is 0 Å². The molecular formula is C10H10N2O2S. The molecule has 0 radical (unpaired) electrons. The van der Waals surface area contributed by atoms with Crippen LogP contribution in [0.5, 0.6) is 0 Å². The number of Topliss-reactive ketones (excluding diaryl/α,β-unsaturated/α-hetero) is 1. The van der Waals surface area contributed by atoms with Crippen molar-refractivity contribution in [2.75, 3.05) is 6.54 Å². The van der Waals surface area contributed by atoms with Gasteiger partial charge in [-0.15, -0.1) is 11.3 Å². The molecule has 5 heteroatoms. The third kappa shape index (κ3) is 1.97. The molecule has 1 aromatic heterocycles. The number of rotatable bonds is 3. The van der Waals surface area contributed by atoms with Gasteiger partial charge >= 0.3 is 0 Å². The molecule has 0 fully saturated rings. The molecule has 0 unspecified atom stereocenters. The minimum Gasteiger partial charge on any atom is -0.309 e. The predicted molar refractivity (Wildman–Crippen MR) is 58.5 cm³/mol. The maximum atomic E-state index is 11.4. The number of amides is 1. The Hall–Kier alpha value is -1.49. The second-order valence-corrected chi connectivity index (χ2v) is 4.10. The van der Waals surface area contributed by atoms with E-state index in [1.165, 1.54) is 11.3 Å². The molecule has 0 spiro atoms. The molecule has 4 nitrogen and oxygen atoms in total. The summed E-state index contributed by atoms with van der Waals surface area (Å²) in [5.74, 6) is 0.599. The Morgan fingerprint density at radius 1 is 1.67 bits per heavy atom. The fourth-order valence-electron chi connectivity index (χ4n) is 1.31. The van der Waals surface area contributed by atoms with Crippen LogP contribution in [0.4, 0.5) is 0 Å². The highest BCUT2D eigenvalue weighted by molar-refractivity contribution is 7.12. The summed E-state index contributed by atoms with van der Waals surface area (Å²) >= 11 is 1.39. The second kappa shape index (κ2) is 3.94. The lowest BCUT2D eigenvalue weighted by atomic mass is 10.2. The van der Waals surface area contributed by atoms with Crippen LogP contribution in [0.1, 0.15) is 28.6 Å². The quantitative estimate of drug-likeness (QED) is 0.782. The number of aliphatic imine (C=N–C) groups is 1. The first-order valence-electron chi connectivity index (χ1n) is 4.67. The van der Waals surface area contributed by atoms with Crippen molar-refractivity contribution in [2.45, 2.75) is 13.3 Å². The fraction of sp³-hybridized carbons (Fsp3) is 0.300. The van der Waals surface area contributed by atoms with Crippen LogP contribution >= 0.6 is 11.3 Å². The average Bonchev–Trinajstić information content (AvgIpc) is 2.84. The zero-order valence-electron chi connectivity index (χ0n) is 8.24. The summed E-state index contributed by atoms with van der Waals surface area (Å²) in [7, 11) is 0. The number of amidine groups is 1. The van der Waals surface area contributed by atoms with Gasteiger partial charge in [-0.05, 0) is 6.07 Å². The molecule has 0 saturated carbocycles. The van der Waals surface area contributed by atoms with E-state index < -0.39 is 0 Å². The maximum Gasteiger partial charge on any atom is 0.247 e. The van der Waals surface area contributed by atoms with Gasteiger partial charge < -0.3 is 5.32 Å². The highest BCUT2D eigenvalue weighted by Gasteiger charge is 2.17. The van der Waals surface area contributed by atoms with Gasteiger partial charge in [0.15, 0.2) is 5.78 Å². The van der Waals surface area contributed by atoms with Crippen LogP contribution in [0.3, 0.4) is 0 Å². The Labute approximate surface area is 91.0 Å². The SMILES string of the molecule is CCC(=O)c1cc(C2=NCC(=O)N2)cs1. The number of thiophene rings is 1. The molecule has 0 aromatic carbocycles. The Balaban J connectivity index is 2.21. The number of carbonyl (C=O) groups is 2. The number of carbonyl (C=O) groups excluding carboxylic acids is 2. The van der Waals surface area contributed by atoms with Crippen molar-refractivity contribution in [3.05, 3.63) is 21.9 Å². The maximum absolute atomic E-state index is 11.4. The summed E-state index contributed by atoms with van der Waals surface area (Å²) < 4.78 is 0. The van der Waals surface area contributed by atoms with E-state index in [0.717, 1.165) is 10.4 Å². The van der Waals surface area contributed by atoms with Crippen LogP contribution < -0.4 is 5.32 Å². The Morgan fingerprint density at radius 2 is 2.47 bits per heavy atom. The van der Waals surface area contributed by atoms with E-state index in [2.05, 4.69) is 10.3 Å². The molecule has 1 aliphatic rings. The number of hydrogen-bond donors (Lipinski definition) is 1. The van der Waals surface area contributed by atoms with E-state index in [9.17, 15) is 9.59 Å². The molecule has 0 saturated heterocycles. The molecule has 78 valence electrons. The van der Waals surface area contributed by atoms with Gasteiger partial charge in [0.2, 0.25) is 5.91 Å². The summed E-state index contributed by atoms with van der Waals surface area (Å²) in [5, 5.41) is 4.49. The first-order valence-corrected chi connectivity index (χ1v) is 5.55. The summed E-state index contributed by atoms with van der Waals surface area (Å²) in [6.45, 7) is 2.01. The zero-order chi connectivity index (χ0) is 10.8.